The highest BCUT2D eigenvalue weighted by atomic mass is 16.4. The molecule has 0 radical (unpaired) electrons. The molecule has 1 fully saturated rings. The standard InChI is InChI=1S/C10H20N2O2/c1-8(10(13)14)6-11-7-9-4-3-5-12(9)2/h8-9,11H,3-7H2,1-2H3,(H,13,14). The van der Waals surface area contributed by atoms with E-state index < -0.39 is 5.97 Å². The number of nitrogens with one attached hydrogen (secondary N) is 1. The third-order valence-corrected chi connectivity index (χ3v) is 2.92. The lowest BCUT2D eigenvalue weighted by Crippen LogP contribution is -2.38. The van der Waals surface area contributed by atoms with Crippen LogP contribution in [0.1, 0.15) is 19.8 Å². The van der Waals surface area contributed by atoms with Gasteiger partial charge in [0.05, 0.1) is 5.92 Å². The van der Waals surface area contributed by atoms with Gasteiger partial charge in [-0.25, -0.2) is 0 Å². The van der Waals surface area contributed by atoms with Crippen LogP contribution >= 0.6 is 0 Å². The van der Waals surface area contributed by atoms with Gasteiger partial charge < -0.3 is 15.3 Å². The van der Waals surface area contributed by atoms with E-state index in [9.17, 15) is 4.79 Å². The SMILES string of the molecule is CC(CNCC1CCCN1C)C(=O)O. The van der Waals surface area contributed by atoms with Gasteiger partial charge >= 0.3 is 5.97 Å². The van der Waals surface area contributed by atoms with Crippen molar-refractivity contribution in [3.8, 4) is 0 Å². The third-order valence-electron chi connectivity index (χ3n) is 2.92. The first-order valence-electron chi connectivity index (χ1n) is 5.25. The number of rotatable bonds is 5. The molecule has 1 rings (SSSR count). The number of nitrogens with zero attached hydrogens (tertiary/aromatic N) is 1. The summed E-state index contributed by atoms with van der Waals surface area (Å²) >= 11 is 0. The Morgan fingerprint density at radius 3 is 2.93 bits per heavy atom. The maximum atomic E-state index is 10.5. The van der Waals surface area contributed by atoms with Gasteiger partial charge in [-0.05, 0) is 26.4 Å². The summed E-state index contributed by atoms with van der Waals surface area (Å²) in [6, 6.07) is 0.594. The number of carbonyl (C=O) groups is 1. The van der Waals surface area contributed by atoms with Crippen molar-refractivity contribution in [2.75, 3.05) is 26.7 Å². The lowest BCUT2D eigenvalue weighted by Gasteiger charge is -2.20. The highest BCUT2D eigenvalue weighted by Crippen LogP contribution is 2.13. The van der Waals surface area contributed by atoms with E-state index in [0.717, 1.165) is 6.54 Å². The summed E-state index contributed by atoms with van der Waals surface area (Å²) in [5.74, 6) is -1.01. The monoisotopic (exact) mass is 200 g/mol. The summed E-state index contributed by atoms with van der Waals surface area (Å²) in [6.45, 7) is 4.38. The molecule has 1 saturated heterocycles. The molecule has 0 aromatic heterocycles. The largest absolute Gasteiger partial charge is 0.481 e. The van der Waals surface area contributed by atoms with Crippen LogP contribution < -0.4 is 5.32 Å². The van der Waals surface area contributed by atoms with Gasteiger partial charge in [-0.2, -0.15) is 0 Å². The van der Waals surface area contributed by atoms with E-state index >= 15 is 0 Å². The smallest absolute Gasteiger partial charge is 0.307 e. The number of aliphatic carboxylic acids is 1. The molecular weight excluding hydrogens is 180 g/mol. The molecule has 0 amide bonds. The van der Waals surface area contributed by atoms with Crippen LogP contribution in [0.2, 0.25) is 0 Å². The van der Waals surface area contributed by atoms with Crippen LogP contribution in [0.25, 0.3) is 0 Å². The predicted octanol–water partition coefficient (Wildman–Crippen LogP) is 0.391. The second-order valence-corrected chi connectivity index (χ2v) is 4.17. The molecule has 82 valence electrons. The highest BCUT2D eigenvalue weighted by molar-refractivity contribution is 5.69. The molecule has 1 heterocycles. The minimum absolute atomic E-state index is 0.290. The van der Waals surface area contributed by atoms with Crippen molar-refractivity contribution in [1.29, 1.82) is 0 Å². The van der Waals surface area contributed by atoms with E-state index in [0.29, 0.717) is 12.6 Å². The zero-order chi connectivity index (χ0) is 10.6. The van der Waals surface area contributed by atoms with Crippen LogP contribution in [0.15, 0.2) is 0 Å². The Kier molecular flexibility index (Phi) is 4.35. The Labute approximate surface area is 85.3 Å². The molecule has 1 aliphatic rings. The van der Waals surface area contributed by atoms with Crippen LogP contribution in [0.4, 0.5) is 0 Å². The molecule has 4 nitrogen and oxygen atoms in total. The first-order chi connectivity index (χ1) is 6.61. The van der Waals surface area contributed by atoms with Crippen molar-refractivity contribution in [1.82, 2.24) is 10.2 Å². The fraction of sp³-hybridized carbons (Fsp3) is 0.900. The number of likely N-dealkylation sites (tertiary alicyclic amines) is 1. The average Bonchev–Trinajstić information content (AvgIpc) is 2.51. The molecule has 2 atom stereocenters. The fourth-order valence-corrected chi connectivity index (χ4v) is 1.79. The van der Waals surface area contributed by atoms with E-state index in [2.05, 4.69) is 17.3 Å². The Morgan fingerprint density at radius 2 is 2.43 bits per heavy atom. The molecule has 1 aliphatic heterocycles. The second kappa shape index (κ2) is 5.32. The first-order valence-corrected chi connectivity index (χ1v) is 5.25. The van der Waals surface area contributed by atoms with Gasteiger partial charge in [0.25, 0.3) is 0 Å². The van der Waals surface area contributed by atoms with Crippen molar-refractivity contribution in [2.24, 2.45) is 5.92 Å². The van der Waals surface area contributed by atoms with Crippen LogP contribution in [0.3, 0.4) is 0 Å². The minimum Gasteiger partial charge on any atom is -0.481 e. The van der Waals surface area contributed by atoms with Crippen molar-refractivity contribution in [3.63, 3.8) is 0 Å². The molecule has 14 heavy (non-hydrogen) atoms. The highest BCUT2D eigenvalue weighted by Gasteiger charge is 2.20. The zero-order valence-electron chi connectivity index (χ0n) is 8.99. The molecular formula is C10H20N2O2. The van der Waals surface area contributed by atoms with Gasteiger partial charge in [0, 0.05) is 19.1 Å². The minimum atomic E-state index is -0.725. The zero-order valence-corrected chi connectivity index (χ0v) is 8.99. The van der Waals surface area contributed by atoms with Crippen molar-refractivity contribution in [2.45, 2.75) is 25.8 Å². The quantitative estimate of drug-likeness (QED) is 0.674. The lowest BCUT2D eigenvalue weighted by atomic mass is 10.1. The summed E-state index contributed by atoms with van der Waals surface area (Å²) < 4.78 is 0. The Balaban J connectivity index is 2.11. The number of hydrogen-bond donors (Lipinski definition) is 2. The normalized spacial score (nSPS) is 25.1. The summed E-state index contributed by atoms with van der Waals surface area (Å²) in [7, 11) is 2.12. The van der Waals surface area contributed by atoms with E-state index in [1.165, 1.54) is 19.4 Å². The maximum absolute atomic E-state index is 10.5. The summed E-state index contributed by atoms with van der Waals surface area (Å²) in [5, 5.41) is 11.9. The summed E-state index contributed by atoms with van der Waals surface area (Å²) in [5.41, 5.74) is 0. The van der Waals surface area contributed by atoms with E-state index in [1.807, 2.05) is 0 Å². The topological polar surface area (TPSA) is 52.6 Å². The van der Waals surface area contributed by atoms with E-state index in [-0.39, 0.29) is 5.92 Å². The first kappa shape index (κ1) is 11.5. The van der Waals surface area contributed by atoms with E-state index in [4.69, 9.17) is 5.11 Å². The lowest BCUT2D eigenvalue weighted by molar-refractivity contribution is -0.140. The number of carboxylic acids is 1. The van der Waals surface area contributed by atoms with Crippen LogP contribution in [0.5, 0.6) is 0 Å². The fourth-order valence-electron chi connectivity index (χ4n) is 1.79. The number of likely N-dealkylation sites (N-methyl/N-ethyl adjacent to an activating group) is 1. The maximum Gasteiger partial charge on any atom is 0.307 e. The van der Waals surface area contributed by atoms with Crippen LogP contribution in [0, 0.1) is 5.92 Å². The molecule has 0 aromatic carbocycles. The number of hydrogen-bond acceptors (Lipinski definition) is 3. The van der Waals surface area contributed by atoms with Gasteiger partial charge in [0.1, 0.15) is 0 Å². The molecule has 0 spiro atoms. The van der Waals surface area contributed by atoms with Gasteiger partial charge in [-0.3, -0.25) is 4.79 Å². The van der Waals surface area contributed by atoms with Crippen molar-refractivity contribution < 1.29 is 9.90 Å². The molecule has 0 saturated carbocycles. The summed E-state index contributed by atoms with van der Waals surface area (Å²) in [6.07, 6.45) is 2.49. The average molecular weight is 200 g/mol. The molecule has 4 heteroatoms. The molecule has 0 aliphatic carbocycles. The molecule has 0 aromatic rings. The van der Waals surface area contributed by atoms with Gasteiger partial charge in [0.2, 0.25) is 0 Å². The van der Waals surface area contributed by atoms with E-state index in [1.54, 1.807) is 6.92 Å². The van der Waals surface area contributed by atoms with Gasteiger partial charge in [-0.15, -0.1) is 0 Å². The Hall–Kier alpha value is -0.610. The van der Waals surface area contributed by atoms with Crippen LogP contribution in [-0.4, -0.2) is 48.7 Å². The molecule has 0 bridgehead atoms. The Bertz CT molecular complexity index is 197. The third kappa shape index (κ3) is 3.27. The van der Waals surface area contributed by atoms with Gasteiger partial charge in [0.15, 0.2) is 0 Å². The Morgan fingerprint density at radius 1 is 1.71 bits per heavy atom. The molecule has 2 unspecified atom stereocenters. The van der Waals surface area contributed by atoms with Crippen molar-refractivity contribution >= 4 is 5.97 Å². The second-order valence-electron chi connectivity index (χ2n) is 4.17. The van der Waals surface area contributed by atoms with Gasteiger partial charge in [-0.1, -0.05) is 6.92 Å². The van der Waals surface area contributed by atoms with Crippen LogP contribution in [-0.2, 0) is 4.79 Å². The predicted molar refractivity (Wildman–Crippen MR) is 55.3 cm³/mol. The number of carboxylic acid groups (broad SMARTS) is 1. The van der Waals surface area contributed by atoms with Crippen molar-refractivity contribution in [3.05, 3.63) is 0 Å². The molecule has 2 N–H and O–H groups in total. The summed E-state index contributed by atoms with van der Waals surface area (Å²) in [4.78, 5) is 12.9.